The van der Waals surface area contributed by atoms with Crippen molar-refractivity contribution in [2.45, 2.75) is 13.8 Å². The number of carbonyl (C=O) groups excluding carboxylic acids is 1. The Kier molecular flexibility index (Phi) is 6.24. The van der Waals surface area contributed by atoms with Crippen LogP contribution in [0.1, 0.15) is 22.3 Å². The van der Waals surface area contributed by atoms with Gasteiger partial charge in [0.2, 0.25) is 0 Å². The molecule has 0 saturated carbocycles. The SMILES string of the molecule is COCCN(CCOC)c1nc(C)c(C(C)=O)s1. The quantitative estimate of drug-likeness (QED) is 0.675. The van der Waals surface area contributed by atoms with Gasteiger partial charge in [0.25, 0.3) is 0 Å². The standard InChI is InChI=1S/C12H20N2O3S/c1-9-11(10(2)15)18-12(13-9)14(5-7-16-3)6-8-17-4/h5-8H2,1-4H3. The predicted molar refractivity (Wildman–Crippen MR) is 72.8 cm³/mol. The lowest BCUT2D eigenvalue weighted by molar-refractivity contribution is 0.102. The van der Waals surface area contributed by atoms with Gasteiger partial charge < -0.3 is 14.4 Å². The molecular weight excluding hydrogens is 252 g/mol. The lowest BCUT2D eigenvalue weighted by atomic mass is 10.3. The molecular formula is C12H20N2O3S. The summed E-state index contributed by atoms with van der Waals surface area (Å²) in [6.07, 6.45) is 0. The van der Waals surface area contributed by atoms with Crippen LogP contribution in [0.5, 0.6) is 0 Å². The van der Waals surface area contributed by atoms with Crippen LogP contribution in [0, 0.1) is 6.92 Å². The summed E-state index contributed by atoms with van der Waals surface area (Å²) in [5, 5.41) is 0.854. The molecule has 6 heteroatoms. The molecule has 0 spiro atoms. The van der Waals surface area contributed by atoms with Crippen molar-refractivity contribution < 1.29 is 14.3 Å². The van der Waals surface area contributed by atoms with Crippen molar-refractivity contribution >= 4 is 22.3 Å². The van der Waals surface area contributed by atoms with Crippen LogP contribution in [-0.2, 0) is 9.47 Å². The highest BCUT2D eigenvalue weighted by molar-refractivity contribution is 7.17. The molecule has 0 atom stereocenters. The summed E-state index contributed by atoms with van der Waals surface area (Å²) in [7, 11) is 3.34. The minimum absolute atomic E-state index is 0.0645. The lowest BCUT2D eigenvalue weighted by Gasteiger charge is -2.20. The van der Waals surface area contributed by atoms with Gasteiger partial charge in [-0.2, -0.15) is 0 Å². The fourth-order valence-electron chi connectivity index (χ4n) is 1.55. The summed E-state index contributed by atoms with van der Waals surface area (Å²) in [6, 6.07) is 0. The Morgan fingerprint density at radius 1 is 1.28 bits per heavy atom. The zero-order valence-electron chi connectivity index (χ0n) is 11.4. The topological polar surface area (TPSA) is 51.7 Å². The molecule has 0 unspecified atom stereocenters. The van der Waals surface area contributed by atoms with Crippen molar-refractivity contribution in [2.24, 2.45) is 0 Å². The maximum atomic E-state index is 11.4. The third-order valence-electron chi connectivity index (χ3n) is 2.51. The summed E-state index contributed by atoms with van der Waals surface area (Å²) >= 11 is 1.43. The number of hydrogen-bond donors (Lipinski definition) is 0. The van der Waals surface area contributed by atoms with Gasteiger partial charge in [-0.05, 0) is 6.92 Å². The monoisotopic (exact) mass is 272 g/mol. The molecule has 1 rings (SSSR count). The van der Waals surface area contributed by atoms with Crippen molar-refractivity contribution in [3.63, 3.8) is 0 Å². The first-order chi connectivity index (χ1) is 8.60. The number of anilines is 1. The van der Waals surface area contributed by atoms with E-state index in [4.69, 9.17) is 9.47 Å². The zero-order chi connectivity index (χ0) is 13.5. The fraction of sp³-hybridized carbons (Fsp3) is 0.667. The summed E-state index contributed by atoms with van der Waals surface area (Å²) in [5.41, 5.74) is 0.794. The van der Waals surface area contributed by atoms with Crippen molar-refractivity contribution in [3.05, 3.63) is 10.6 Å². The van der Waals surface area contributed by atoms with E-state index in [1.165, 1.54) is 11.3 Å². The molecule has 0 N–H and O–H groups in total. The molecule has 0 aromatic carbocycles. The molecule has 5 nitrogen and oxygen atoms in total. The van der Waals surface area contributed by atoms with Crippen molar-refractivity contribution in [1.29, 1.82) is 0 Å². The number of thiazole rings is 1. The first kappa shape index (κ1) is 15.1. The molecule has 0 aliphatic rings. The average Bonchev–Trinajstić information content (AvgIpc) is 2.71. The van der Waals surface area contributed by atoms with E-state index in [1.54, 1.807) is 21.1 Å². The maximum absolute atomic E-state index is 11.4. The second kappa shape index (κ2) is 7.45. The predicted octanol–water partition coefficient (Wildman–Crippen LogP) is 1.75. The first-order valence-corrected chi connectivity index (χ1v) is 6.63. The van der Waals surface area contributed by atoms with Gasteiger partial charge in [0.05, 0.1) is 23.8 Å². The second-order valence-corrected chi connectivity index (χ2v) is 4.92. The number of nitrogens with zero attached hydrogens (tertiary/aromatic N) is 2. The summed E-state index contributed by atoms with van der Waals surface area (Å²) in [5.74, 6) is 0.0645. The van der Waals surface area contributed by atoms with Crippen molar-refractivity contribution in [1.82, 2.24) is 4.98 Å². The van der Waals surface area contributed by atoms with Gasteiger partial charge in [0, 0.05) is 34.2 Å². The van der Waals surface area contributed by atoms with E-state index in [-0.39, 0.29) is 5.78 Å². The Morgan fingerprint density at radius 2 is 1.83 bits per heavy atom. The van der Waals surface area contributed by atoms with Gasteiger partial charge in [-0.25, -0.2) is 4.98 Å². The number of ether oxygens (including phenoxy) is 2. The molecule has 0 amide bonds. The Morgan fingerprint density at radius 3 is 2.22 bits per heavy atom. The van der Waals surface area contributed by atoms with Gasteiger partial charge in [0.15, 0.2) is 10.9 Å². The Hall–Kier alpha value is -0.980. The van der Waals surface area contributed by atoms with Crippen LogP contribution >= 0.6 is 11.3 Å². The summed E-state index contributed by atoms with van der Waals surface area (Å²) in [6.45, 7) is 6.16. The van der Waals surface area contributed by atoms with Crippen LogP contribution in [0.25, 0.3) is 0 Å². The minimum Gasteiger partial charge on any atom is -0.383 e. The summed E-state index contributed by atoms with van der Waals surface area (Å²) in [4.78, 5) is 18.7. The normalized spacial score (nSPS) is 10.7. The smallest absolute Gasteiger partial charge is 0.186 e. The Labute approximate surface area is 112 Å². The molecule has 1 aromatic heterocycles. The van der Waals surface area contributed by atoms with Gasteiger partial charge in [-0.15, -0.1) is 0 Å². The van der Waals surface area contributed by atoms with Crippen LogP contribution in [0.2, 0.25) is 0 Å². The number of hydrogen-bond acceptors (Lipinski definition) is 6. The summed E-state index contributed by atoms with van der Waals surface area (Å²) < 4.78 is 10.2. The molecule has 0 saturated heterocycles. The number of methoxy groups -OCH3 is 2. The number of carbonyl (C=O) groups is 1. The third kappa shape index (κ3) is 4.04. The number of ketones is 1. The molecule has 102 valence electrons. The highest BCUT2D eigenvalue weighted by atomic mass is 32.1. The second-order valence-electron chi connectivity index (χ2n) is 3.94. The van der Waals surface area contributed by atoms with Gasteiger partial charge >= 0.3 is 0 Å². The first-order valence-electron chi connectivity index (χ1n) is 5.81. The number of Topliss-reactive ketones (excluding diaryl/α,β-unsaturated/α-hetero) is 1. The molecule has 0 bridgehead atoms. The van der Waals surface area contributed by atoms with Gasteiger partial charge in [-0.1, -0.05) is 11.3 Å². The van der Waals surface area contributed by atoms with Gasteiger partial charge in [-0.3, -0.25) is 4.79 Å². The Balaban J connectivity index is 2.83. The highest BCUT2D eigenvalue weighted by Gasteiger charge is 2.16. The molecule has 1 heterocycles. The van der Waals surface area contributed by atoms with Crippen LogP contribution in [0.3, 0.4) is 0 Å². The molecule has 0 radical (unpaired) electrons. The molecule has 0 aliphatic carbocycles. The van der Waals surface area contributed by atoms with E-state index >= 15 is 0 Å². The molecule has 0 fully saturated rings. The molecule has 1 aromatic rings. The third-order valence-corrected chi connectivity index (χ3v) is 3.83. The average molecular weight is 272 g/mol. The highest BCUT2D eigenvalue weighted by Crippen LogP contribution is 2.26. The largest absolute Gasteiger partial charge is 0.383 e. The van der Waals surface area contributed by atoms with E-state index in [0.29, 0.717) is 13.2 Å². The number of rotatable bonds is 8. The van der Waals surface area contributed by atoms with E-state index in [0.717, 1.165) is 28.8 Å². The zero-order valence-corrected chi connectivity index (χ0v) is 12.2. The van der Waals surface area contributed by atoms with Crippen LogP contribution in [-0.4, -0.2) is 51.3 Å². The minimum atomic E-state index is 0.0645. The molecule has 18 heavy (non-hydrogen) atoms. The number of aromatic nitrogens is 1. The van der Waals surface area contributed by atoms with E-state index in [2.05, 4.69) is 9.88 Å². The molecule has 0 aliphatic heterocycles. The fourth-order valence-corrected chi connectivity index (χ4v) is 2.56. The van der Waals surface area contributed by atoms with Crippen LogP contribution in [0.15, 0.2) is 0 Å². The number of aryl methyl sites for hydroxylation is 1. The van der Waals surface area contributed by atoms with E-state index in [1.807, 2.05) is 6.92 Å². The van der Waals surface area contributed by atoms with Crippen molar-refractivity contribution in [2.75, 3.05) is 45.4 Å². The van der Waals surface area contributed by atoms with Crippen molar-refractivity contribution in [3.8, 4) is 0 Å². The van der Waals surface area contributed by atoms with E-state index in [9.17, 15) is 4.79 Å². The Bertz CT molecular complexity index is 385. The van der Waals surface area contributed by atoms with Gasteiger partial charge in [0.1, 0.15) is 0 Å². The lowest BCUT2D eigenvalue weighted by Crippen LogP contribution is -2.30. The van der Waals surface area contributed by atoms with Crippen LogP contribution in [0.4, 0.5) is 5.13 Å². The maximum Gasteiger partial charge on any atom is 0.186 e. The van der Waals surface area contributed by atoms with Crippen LogP contribution < -0.4 is 4.90 Å². The van der Waals surface area contributed by atoms with E-state index < -0.39 is 0 Å².